The summed E-state index contributed by atoms with van der Waals surface area (Å²) in [6.45, 7) is 3.67. The lowest BCUT2D eigenvalue weighted by Crippen LogP contribution is -2.45. The first-order valence-corrected chi connectivity index (χ1v) is 10.2. The molecule has 1 saturated heterocycles. The van der Waals surface area contributed by atoms with E-state index in [1.54, 1.807) is 7.05 Å². The molecule has 152 valence electrons. The van der Waals surface area contributed by atoms with E-state index >= 15 is 0 Å². The quantitative estimate of drug-likeness (QED) is 0.535. The van der Waals surface area contributed by atoms with Crippen molar-refractivity contribution in [1.82, 2.24) is 15.5 Å². The van der Waals surface area contributed by atoms with Crippen LogP contribution in [0.3, 0.4) is 0 Å². The Hall–Kier alpha value is -2.57. The Morgan fingerprint density at radius 1 is 1.21 bits per heavy atom. The molecule has 1 saturated carbocycles. The topological polar surface area (TPSA) is 85.8 Å². The van der Waals surface area contributed by atoms with Crippen molar-refractivity contribution in [1.29, 1.82) is 0 Å². The van der Waals surface area contributed by atoms with Gasteiger partial charge < -0.3 is 20.9 Å². The van der Waals surface area contributed by atoms with Crippen molar-refractivity contribution in [2.45, 2.75) is 51.6 Å². The van der Waals surface area contributed by atoms with E-state index in [-0.39, 0.29) is 17.9 Å². The second kappa shape index (κ2) is 9.57. The van der Waals surface area contributed by atoms with Crippen molar-refractivity contribution < 1.29 is 9.59 Å². The molecule has 2 aliphatic rings. The second-order valence-corrected chi connectivity index (χ2v) is 7.70. The number of aliphatic imine (C=N–C) groups is 1. The molecule has 1 aliphatic heterocycles. The molecule has 28 heavy (non-hydrogen) atoms. The van der Waals surface area contributed by atoms with E-state index in [1.165, 1.54) is 19.8 Å². The molecule has 1 aliphatic carbocycles. The number of hydrogen-bond donors (Lipinski definition) is 3. The van der Waals surface area contributed by atoms with Crippen LogP contribution in [0.5, 0.6) is 0 Å². The van der Waals surface area contributed by atoms with Crippen LogP contribution in [0.1, 0.15) is 44.6 Å². The molecule has 2 amide bonds. The maximum Gasteiger partial charge on any atom is 0.225 e. The number of guanidine groups is 1. The number of rotatable bonds is 5. The predicted octanol–water partition coefficient (Wildman–Crippen LogP) is 2.10. The number of benzene rings is 1. The van der Waals surface area contributed by atoms with Gasteiger partial charge in [0.2, 0.25) is 11.8 Å². The van der Waals surface area contributed by atoms with Crippen LogP contribution < -0.4 is 16.0 Å². The number of hydrogen-bond acceptors (Lipinski definition) is 3. The Labute approximate surface area is 167 Å². The standard InChI is InChI=1S/C21H31N5O2/c1-15(27)24-18-9-5-6-16(12-18)13-23-21(22-2)25-19-10-11-26(14-19)20(28)17-7-3-4-8-17/h5-6,9,12,17,19H,3-4,7-8,10-11,13-14H2,1-2H3,(H,24,27)(H2,22,23,25). The largest absolute Gasteiger partial charge is 0.352 e. The SMILES string of the molecule is CN=C(NCc1cccc(NC(C)=O)c1)NC1CCN(C(=O)C2CCCC2)C1. The van der Waals surface area contributed by atoms with Crippen molar-refractivity contribution in [3.8, 4) is 0 Å². The average Bonchev–Trinajstić information content (AvgIpc) is 3.36. The summed E-state index contributed by atoms with van der Waals surface area (Å²) in [7, 11) is 1.75. The van der Waals surface area contributed by atoms with Gasteiger partial charge in [0.25, 0.3) is 0 Å². The van der Waals surface area contributed by atoms with Gasteiger partial charge in [0, 0.05) is 51.3 Å². The molecule has 1 aromatic rings. The van der Waals surface area contributed by atoms with E-state index in [1.807, 2.05) is 29.2 Å². The van der Waals surface area contributed by atoms with Gasteiger partial charge in [-0.2, -0.15) is 0 Å². The molecule has 1 unspecified atom stereocenters. The number of anilines is 1. The summed E-state index contributed by atoms with van der Waals surface area (Å²) in [4.78, 5) is 30.1. The Balaban J connectivity index is 1.47. The lowest BCUT2D eigenvalue weighted by molar-refractivity contribution is -0.134. The molecule has 3 rings (SSSR count). The fourth-order valence-electron chi connectivity index (χ4n) is 4.05. The minimum atomic E-state index is -0.0828. The summed E-state index contributed by atoms with van der Waals surface area (Å²) in [6, 6.07) is 7.96. The Bertz CT molecular complexity index is 727. The van der Waals surface area contributed by atoms with Gasteiger partial charge in [0.15, 0.2) is 5.96 Å². The lowest BCUT2D eigenvalue weighted by atomic mass is 10.1. The summed E-state index contributed by atoms with van der Waals surface area (Å²) in [5, 5.41) is 9.54. The molecule has 0 aromatic heterocycles. The number of carbonyl (C=O) groups is 2. The first-order valence-electron chi connectivity index (χ1n) is 10.2. The van der Waals surface area contributed by atoms with Crippen LogP contribution in [-0.2, 0) is 16.1 Å². The molecular weight excluding hydrogens is 354 g/mol. The number of amides is 2. The highest BCUT2D eigenvalue weighted by Crippen LogP contribution is 2.27. The molecule has 1 atom stereocenters. The van der Waals surface area contributed by atoms with Gasteiger partial charge in [-0.15, -0.1) is 0 Å². The highest BCUT2D eigenvalue weighted by molar-refractivity contribution is 5.88. The number of carbonyl (C=O) groups excluding carboxylic acids is 2. The van der Waals surface area contributed by atoms with Gasteiger partial charge in [-0.05, 0) is 37.0 Å². The van der Waals surface area contributed by atoms with Crippen LogP contribution >= 0.6 is 0 Å². The average molecular weight is 386 g/mol. The van der Waals surface area contributed by atoms with Gasteiger partial charge >= 0.3 is 0 Å². The third-order valence-electron chi connectivity index (χ3n) is 5.48. The van der Waals surface area contributed by atoms with Gasteiger partial charge in [0.05, 0.1) is 0 Å². The van der Waals surface area contributed by atoms with Crippen molar-refractivity contribution in [2.75, 3.05) is 25.5 Å². The highest BCUT2D eigenvalue weighted by Gasteiger charge is 2.32. The lowest BCUT2D eigenvalue weighted by Gasteiger charge is -2.21. The molecule has 3 N–H and O–H groups in total. The molecule has 0 radical (unpaired) electrons. The molecule has 7 heteroatoms. The zero-order chi connectivity index (χ0) is 19.9. The van der Waals surface area contributed by atoms with Crippen LogP contribution in [0, 0.1) is 5.92 Å². The van der Waals surface area contributed by atoms with E-state index in [0.717, 1.165) is 49.6 Å². The summed E-state index contributed by atoms with van der Waals surface area (Å²) >= 11 is 0. The maximum absolute atomic E-state index is 12.6. The van der Waals surface area contributed by atoms with E-state index in [0.29, 0.717) is 12.5 Å². The molecule has 7 nitrogen and oxygen atoms in total. The van der Waals surface area contributed by atoms with E-state index in [9.17, 15) is 9.59 Å². The third-order valence-corrected chi connectivity index (χ3v) is 5.48. The van der Waals surface area contributed by atoms with Gasteiger partial charge in [-0.25, -0.2) is 0 Å². The van der Waals surface area contributed by atoms with E-state index in [2.05, 4.69) is 20.9 Å². The minimum absolute atomic E-state index is 0.0828. The van der Waals surface area contributed by atoms with Crippen LogP contribution in [0.2, 0.25) is 0 Å². The first-order chi connectivity index (χ1) is 13.5. The predicted molar refractivity (Wildman–Crippen MR) is 111 cm³/mol. The van der Waals surface area contributed by atoms with Crippen molar-refractivity contribution in [3.05, 3.63) is 29.8 Å². The Morgan fingerprint density at radius 2 is 2.00 bits per heavy atom. The summed E-state index contributed by atoms with van der Waals surface area (Å²) in [5.41, 5.74) is 1.84. The van der Waals surface area contributed by atoms with Gasteiger partial charge in [0.1, 0.15) is 0 Å². The normalized spacial score (nSPS) is 20.3. The van der Waals surface area contributed by atoms with Crippen LogP contribution in [-0.4, -0.2) is 48.9 Å². The molecule has 1 aromatic carbocycles. The molecule has 1 heterocycles. The monoisotopic (exact) mass is 385 g/mol. The van der Waals surface area contributed by atoms with Crippen LogP contribution in [0.4, 0.5) is 5.69 Å². The first kappa shape index (κ1) is 20.2. The van der Waals surface area contributed by atoms with Crippen molar-refractivity contribution in [3.63, 3.8) is 0 Å². The fourth-order valence-corrected chi connectivity index (χ4v) is 4.05. The summed E-state index contributed by atoms with van der Waals surface area (Å²) in [6.07, 6.45) is 5.41. The van der Waals surface area contributed by atoms with Gasteiger partial charge in [-0.1, -0.05) is 25.0 Å². The summed E-state index contributed by atoms with van der Waals surface area (Å²) in [5.74, 6) is 1.22. The Kier molecular flexibility index (Phi) is 6.90. The molecule has 0 bridgehead atoms. The minimum Gasteiger partial charge on any atom is -0.352 e. The van der Waals surface area contributed by atoms with Crippen LogP contribution in [0.15, 0.2) is 29.3 Å². The number of likely N-dealkylation sites (tertiary alicyclic amines) is 1. The molecule has 2 fully saturated rings. The van der Waals surface area contributed by atoms with E-state index < -0.39 is 0 Å². The fraction of sp³-hybridized carbons (Fsp3) is 0.571. The summed E-state index contributed by atoms with van der Waals surface area (Å²) < 4.78 is 0. The number of nitrogens with one attached hydrogen (secondary N) is 3. The van der Waals surface area contributed by atoms with Crippen molar-refractivity contribution >= 4 is 23.5 Å². The van der Waals surface area contributed by atoms with Crippen LogP contribution in [0.25, 0.3) is 0 Å². The van der Waals surface area contributed by atoms with Crippen molar-refractivity contribution in [2.24, 2.45) is 10.9 Å². The maximum atomic E-state index is 12.6. The third kappa shape index (κ3) is 5.47. The molecular formula is C21H31N5O2. The van der Waals surface area contributed by atoms with Gasteiger partial charge in [-0.3, -0.25) is 14.6 Å². The second-order valence-electron chi connectivity index (χ2n) is 7.70. The zero-order valence-corrected chi connectivity index (χ0v) is 16.8. The zero-order valence-electron chi connectivity index (χ0n) is 16.8. The Morgan fingerprint density at radius 3 is 2.71 bits per heavy atom. The van der Waals surface area contributed by atoms with E-state index in [4.69, 9.17) is 0 Å². The smallest absolute Gasteiger partial charge is 0.225 e. The number of nitrogens with zero attached hydrogens (tertiary/aromatic N) is 2. The highest BCUT2D eigenvalue weighted by atomic mass is 16.2. The molecule has 0 spiro atoms.